The van der Waals surface area contributed by atoms with Gasteiger partial charge in [0.05, 0.1) is 26.6 Å². The van der Waals surface area contributed by atoms with Crippen molar-refractivity contribution in [2.24, 2.45) is 0 Å². The minimum absolute atomic E-state index is 0.573. The van der Waals surface area contributed by atoms with Gasteiger partial charge in [0.25, 0.3) is 0 Å². The zero-order valence-electron chi connectivity index (χ0n) is 19.9. The van der Waals surface area contributed by atoms with Gasteiger partial charge in [-0.3, -0.25) is 14.5 Å². The van der Waals surface area contributed by atoms with Gasteiger partial charge in [0.15, 0.2) is 17.3 Å². The molecule has 0 spiro atoms. The van der Waals surface area contributed by atoms with Crippen LogP contribution >= 0.6 is 12.2 Å². The lowest BCUT2D eigenvalue weighted by atomic mass is 10.1. The van der Waals surface area contributed by atoms with Crippen molar-refractivity contribution in [1.29, 1.82) is 0 Å². The van der Waals surface area contributed by atoms with Gasteiger partial charge in [-0.15, -0.1) is 5.10 Å². The molecular weight excluding hydrogens is 446 g/mol. The summed E-state index contributed by atoms with van der Waals surface area (Å²) in [6.07, 6.45) is 4.41. The van der Waals surface area contributed by atoms with Crippen LogP contribution in [0, 0.1) is 11.7 Å². The Hall–Kier alpha value is -3.49. The maximum Gasteiger partial charge on any atom is 0.204 e. The number of ether oxygens (including phenoxy) is 2. The third-order valence-electron chi connectivity index (χ3n) is 5.74. The first-order chi connectivity index (χ1) is 16.5. The van der Waals surface area contributed by atoms with Crippen molar-refractivity contribution < 1.29 is 9.47 Å². The Morgan fingerprint density at radius 3 is 2.41 bits per heavy atom. The maximum absolute atomic E-state index is 5.90. The second-order valence-electron chi connectivity index (χ2n) is 8.12. The number of benzene rings is 2. The van der Waals surface area contributed by atoms with E-state index in [1.807, 2.05) is 45.6 Å². The molecule has 0 amide bonds. The summed E-state index contributed by atoms with van der Waals surface area (Å²) in [6, 6.07) is 18.1. The number of nitrogens with zero attached hydrogens (tertiary/aromatic N) is 5. The number of hydrogen-bond acceptors (Lipinski definition) is 6. The third-order valence-corrected chi connectivity index (χ3v) is 6.13. The first-order valence-electron chi connectivity index (χ1n) is 11.1. The first kappa shape index (κ1) is 23.7. The average molecular weight is 476 g/mol. The van der Waals surface area contributed by atoms with Gasteiger partial charge < -0.3 is 9.47 Å². The molecule has 0 aliphatic heterocycles. The predicted octanol–water partition coefficient (Wildman–Crippen LogP) is 4.92. The van der Waals surface area contributed by atoms with E-state index < -0.39 is 0 Å². The number of aryl methyl sites for hydroxylation is 1. The van der Waals surface area contributed by atoms with Crippen molar-refractivity contribution in [2.45, 2.75) is 20.0 Å². The van der Waals surface area contributed by atoms with Crippen molar-refractivity contribution >= 4 is 12.2 Å². The van der Waals surface area contributed by atoms with Crippen molar-refractivity contribution in [3.63, 3.8) is 0 Å². The summed E-state index contributed by atoms with van der Waals surface area (Å²) in [5, 5.41) is 4.91. The van der Waals surface area contributed by atoms with Crippen LogP contribution in [-0.4, -0.2) is 52.0 Å². The molecule has 0 fully saturated rings. The van der Waals surface area contributed by atoms with E-state index in [1.54, 1.807) is 26.6 Å². The fraction of sp³-hybridized carbons (Fsp3) is 0.269. The van der Waals surface area contributed by atoms with Crippen LogP contribution in [0.15, 0.2) is 67.0 Å². The first-order valence-corrected chi connectivity index (χ1v) is 11.5. The summed E-state index contributed by atoms with van der Waals surface area (Å²) in [6.45, 7) is 3.49. The van der Waals surface area contributed by atoms with E-state index in [4.69, 9.17) is 26.8 Å². The number of aromatic nitrogens is 4. The highest BCUT2D eigenvalue weighted by molar-refractivity contribution is 7.71. The van der Waals surface area contributed by atoms with Gasteiger partial charge in [-0.2, -0.15) is 0 Å². The van der Waals surface area contributed by atoms with Gasteiger partial charge in [-0.25, -0.2) is 4.68 Å². The largest absolute Gasteiger partial charge is 0.493 e. The van der Waals surface area contributed by atoms with Crippen LogP contribution in [0.25, 0.3) is 17.1 Å². The minimum atomic E-state index is 0.573. The topological polar surface area (TPSA) is 57.3 Å². The lowest BCUT2D eigenvalue weighted by Crippen LogP contribution is -2.25. The van der Waals surface area contributed by atoms with Crippen LogP contribution in [0.3, 0.4) is 0 Å². The Kier molecular flexibility index (Phi) is 7.40. The molecular formula is C26H29N5O2S. The van der Waals surface area contributed by atoms with Gasteiger partial charge >= 0.3 is 0 Å². The van der Waals surface area contributed by atoms with Crippen LogP contribution in [0.1, 0.15) is 11.1 Å². The van der Waals surface area contributed by atoms with Crippen LogP contribution in [0.5, 0.6) is 11.5 Å². The zero-order chi connectivity index (χ0) is 24.1. The van der Waals surface area contributed by atoms with Crippen LogP contribution in [0.4, 0.5) is 0 Å². The molecule has 2 aromatic heterocycles. The lowest BCUT2D eigenvalue weighted by molar-refractivity contribution is 0.255. The van der Waals surface area contributed by atoms with E-state index in [9.17, 15) is 0 Å². The summed E-state index contributed by atoms with van der Waals surface area (Å²) in [7, 11) is 5.37. The number of pyridine rings is 1. The van der Waals surface area contributed by atoms with Gasteiger partial charge in [-0.1, -0.05) is 24.3 Å². The molecule has 2 heterocycles. The van der Waals surface area contributed by atoms with Crippen LogP contribution in [0.2, 0.25) is 0 Å². The molecule has 0 aliphatic carbocycles. The SMILES string of the molecule is COc1ccc(CCN(C)Cn2nc(-c3ccncc3)n(-c3ccccc3C)c2=S)cc1OC. The Balaban J connectivity index is 1.59. The minimum Gasteiger partial charge on any atom is -0.493 e. The summed E-state index contributed by atoms with van der Waals surface area (Å²) in [4.78, 5) is 6.36. The molecule has 0 N–H and O–H groups in total. The molecule has 0 bridgehead atoms. The maximum atomic E-state index is 5.90. The second kappa shape index (κ2) is 10.6. The van der Waals surface area contributed by atoms with Crippen molar-refractivity contribution in [3.05, 3.63) is 82.9 Å². The predicted molar refractivity (Wildman–Crippen MR) is 136 cm³/mol. The van der Waals surface area contributed by atoms with E-state index in [1.165, 1.54) is 5.56 Å². The quantitative estimate of drug-likeness (QED) is 0.320. The molecule has 4 rings (SSSR count). The number of hydrogen-bond donors (Lipinski definition) is 0. The Morgan fingerprint density at radius 2 is 1.71 bits per heavy atom. The molecule has 34 heavy (non-hydrogen) atoms. The highest BCUT2D eigenvalue weighted by Gasteiger charge is 2.17. The highest BCUT2D eigenvalue weighted by Crippen LogP contribution is 2.28. The van der Waals surface area contributed by atoms with E-state index in [0.717, 1.165) is 47.1 Å². The molecule has 0 radical (unpaired) electrons. The molecule has 0 aliphatic rings. The fourth-order valence-corrected chi connectivity index (χ4v) is 4.16. The Bertz CT molecular complexity index is 1320. The van der Waals surface area contributed by atoms with Crippen molar-refractivity contribution in [2.75, 3.05) is 27.8 Å². The lowest BCUT2D eigenvalue weighted by Gasteiger charge is -2.17. The normalized spacial score (nSPS) is 11.1. The molecule has 7 nitrogen and oxygen atoms in total. The summed E-state index contributed by atoms with van der Waals surface area (Å²) in [5.74, 6) is 2.27. The standard InChI is InChI=1S/C26H29N5O2S/c1-19-7-5-6-8-22(19)31-25(21-11-14-27-15-12-21)28-30(26(31)34)18-29(2)16-13-20-9-10-23(32-3)24(17-20)33-4/h5-12,14-15,17H,13,16,18H2,1-4H3. The zero-order valence-corrected chi connectivity index (χ0v) is 20.7. The number of para-hydroxylation sites is 1. The van der Waals surface area contributed by atoms with Crippen molar-refractivity contribution in [3.8, 4) is 28.6 Å². The molecule has 0 saturated heterocycles. The smallest absolute Gasteiger partial charge is 0.204 e. The Morgan fingerprint density at radius 1 is 0.971 bits per heavy atom. The van der Waals surface area contributed by atoms with E-state index >= 15 is 0 Å². The number of methoxy groups -OCH3 is 2. The molecule has 4 aromatic rings. The Labute approximate surface area is 205 Å². The molecule has 0 unspecified atom stereocenters. The number of rotatable bonds is 9. The second-order valence-corrected chi connectivity index (χ2v) is 8.49. The van der Waals surface area contributed by atoms with Gasteiger partial charge in [0.1, 0.15) is 0 Å². The van der Waals surface area contributed by atoms with E-state index in [-0.39, 0.29) is 0 Å². The highest BCUT2D eigenvalue weighted by atomic mass is 32.1. The third kappa shape index (κ3) is 5.03. The van der Waals surface area contributed by atoms with Crippen LogP contribution in [-0.2, 0) is 13.1 Å². The van der Waals surface area contributed by atoms with Crippen LogP contribution < -0.4 is 9.47 Å². The van der Waals surface area contributed by atoms with Gasteiger partial charge in [0.2, 0.25) is 4.77 Å². The summed E-state index contributed by atoms with van der Waals surface area (Å²) in [5.41, 5.74) is 4.31. The average Bonchev–Trinajstić information content (AvgIpc) is 3.18. The van der Waals surface area contributed by atoms with Crippen molar-refractivity contribution in [1.82, 2.24) is 24.2 Å². The van der Waals surface area contributed by atoms with Gasteiger partial charge in [-0.05, 0) is 74.1 Å². The monoisotopic (exact) mass is 475 g/mol. The van der Waals surface area contributed by atoms with E-state index in [0.29, 0.717) is 11.4 Å². The molecule has 8 heteroatoms. The molecule has 176 valence electrons. The number of likely N-dealkylation sites (N-methyl/N-ethyl adjacent to an activating group) is 1. The molecule has 0 atom stereocenters. The molecule has 2 aromatic carbocycles. The summed E-state index contributed by atoms with van der Waals surface area (Å²) < 4.78 is 15.3. The van der Waals surface area contributed by atoms with Gasteiger partial charge in [0, 0.05) is 24.5 Å². The molecule has 0 saturated carbocycles. The summed E-state index contributed by atoms with van der Waals surface area (Å²) >= 11 is 5.90. The van der Waals surface area contributed by atoms with E-state index in [2.05, 4.69) is 42.1 Å². The fourth-order valence-electron chi connectivity index (χ4n) is 3.87.